The fourth-order valence-corrected chi connectivity index (χ4v) is 4.33. The summed E-state index contributed by atoms with van der Waals surface area (Å²) in [5.74, 6) is -6.24. The average Bonchev–Trinajstić information content (AvgIpc) is 3.30. The second-order valence-electron chi connectivity index (χ2n) is 9.00. The lowest BCUT2D eigenvalue weighted by Gasteiger charge is -2.24. The third kappa shape index (κ3) is 9.89. The summed E-state index contributed by atoms with van der Waals surface area (Å²) in [6.45, 7) is 0. The number of aromatic nitrogens is 1. The van der Waals surface area contributed by atoms with Gasteiger partial charge in [0.1, 0.15) is 18.1 Å². The van der Waals surface area contributed by atoms with Crippen molar-refractivity contribution in [2.75, 3.05) is 12.0 Å². The van der Waals surface area contributed by atoms with Crippen LogP contribution in [0.3, 0.4) is 0 Å². The molecule has 1 aromatic carbocycles. The zero-order chi connectivity index (χ0) is 29.8. The summed E-state index contributed by atoms with van der Waals surface area (Å²) < 4.78 is 0. The summed E-state index contributed by atoms with van der Waals surface area (Å²) in [6, 6.07) is 1.58. The lowest BCUT2D eigenvalue weighted by atomic mass is 10.0. The minimum Gasteiger partial charge on any atom is -0.481 e. The summed E-state index contributed by atoms with van der Waals surface area (Å²) >= 11 is 1.45. The van der Waals surface area contributed by atoms with Crippen LogP contribution in [0.5, 0.6) is 0 Å². The molecular weight excluding hydrogens is 546 g/mol. The Labute approximate surface area is 233 Å². The van der Waals surface area contributed by atoms with Crippen molar-refractivity contribution in [2.24, 2.45) is 5.73 Å². The molecule has 0 aliphatic heterocycles. The molecule has 3 amide bonds. The maximum absolute atomic E-state index is 13.2. The number of carboxylic acid groups (broad SMARTS) is 3. The van der Waals surface area contributed by atoms with E-state index in [-0.39, 0.29) is 12.8 Å². The second-order valence-corrected chi connectivity index (χ2v) is 9.99. The molecule has 2 aromatic rings. The number of rotatable bonds is 17. The van der Waals surface area contributed by atoms with Gasteiger partial charge in [0, 0.05) is 29.9 Å². The Balaban J connectivity index is 2.31. The van der Waals surface area contributed by atoms with E-state index < -0.39 is 79.1 Å². The summed E-state index contributed by atoms with van der Waals surface area (Å²) in [6.07, 6.45) is 1.85. The lowest BCUT2D eigenvalue weighted by Crippen LogP contribution is -2.58. The maximum Gasteiger partial charge on any atom is 0.326 e. The third-order valence-electron chi connectivity index (χ3n) is 5.97. The van der Waals surface area contributed by atoms with Crippen molar-refractivity contribution in [3.8, 4) is 0 Å². The Bertz CT molecular complexity index is 1230. The van der Waals surface area contributed by atoms with Crippen LogP contribution in [0.2, 0.25) is 0 Å². The highest BCUT2D eigenvalue weighted by Gasteiger charge is 2.32. The summed E-state index contributed by atoms with van der Waals surface area (Å²) in [5, 5.41) is 35.4. The first-order chi connectivity index (χ1) is 18.9. The minimum absolute atomic E-state index is 0.131. The summed E-state index contributed by atoms with van der Waals surface area (Å²) in [4.78, 5) is 75.9. The molecule has 0 saturated carbocycles. The van der Waals surface area contributed by atoms with E-state index in [0.29, 0.717) is 11.3 Å². The van der Waals surface area contributed by atoms with Gasteiger partial charge in [0.2, 0.25) is 17.7 Å². The van der Waals surface area contributed by atoms with Gasteiger partial charge in [-0.3, -0.25) is 24.0 Å². The number of carbonyl (C=O) groups is 6. The van der Waals surface area contributed by atoms with Gasteiger partial charge in [0.25, 0.3) is 0 Å². The monoisotopic (exact) mass is 579 g/mol. The predicted molar refractivity (Wildman–Crippen MR) is 146 cm³/mol. The van der Waals surface area contributed by atoms with Crippen LogP contribution in [-0.4, -0.2) is 92.1 Å². The number of aliphatic carboxylic acids is 3. The van der Waals surface area contributed by atoms with E-state index in [2.05, 4.69) is 20.9 Å². The van der Waals surface area contributed by atoms with Gasteiger partial charge in [-0.2, -0.15) is 11.8 Å². The zero-order valence-electron chi connectivity index (χ0n) is 21.7. The number of fused-ring (bicyclic) bond motifs is 1. The van der Waals surface area contributed by atoms with Crippen LogP contribution in [-0.2, 0) is 35.2 Å². The van der Waals surface area contributed by atoms with E-state index in [1.807, 2.05) is 6.26 Å². The molecule has 218 valence electrons. The Morgan fingerprint density at radius 2 is 1.50 bits per heavy atom. The Morgan fingerprint density at radius 1 is 0.875 bits per heavy atom. The highest BCUT2D eigenvalue weighted by atomic mass is 32.2. The van der Waals surface area contributed by atoms with Gasteiger partial charge in [-0.1, -0.05) is 18.2 Å². The fraction of sp³-hybridized carbons (Fsp3) is 0.440. The van der Waals surface area contributed by atoms with Gasteiger partial charge >= 0.3 is 17.9 Å². The van der Waals surface area contributed by atoms with Gasteiger partial charge in [-0.05, 0) is 36.5 Å². The molecule has 14 nitrogen and oxygen atoms in total. The van der Waals surface area contributed by atoms with Crippen LogP contribution in [0.4, 0.5) is 0 Å². The minimum atomic E-state index is -1.58. The molecule has 0 saturated heterocycles. The number of thioether (sulfide) groups is 1. The molecule has 9 N–H and O–H groups in total. The van der Waals surface area contributed by atoms with Crippen LogP contribution in [0.25, 0.3) is 10.9 Å². The Hall–Kier alpha value is -4.11. The fourth-order valence-electron chi connectivity index (χ4n) is 3.84. The van der Waals surface area contributed by atoms with Gasteiger partial charge in [-0.15, -0.1) is 0 Å². The number of hydrogen-bond acceptors (Lipinski definition) is 8. The molecule has 1 heterocycles. The van der Waals surface area contributed by atoms with Crippen LogP contribution in [0.15, 0.2) is 30.5 Å². The van der Waals surface area contributed by atoms with Crippen LogP contribution in [0, 0.1) is 0 Å². The zero-order valence-corrected chi connectivity index (χ0v) is 22.5. The Morgan fingerprint density at radius 3 is 2.12 bits per heavy atom. The number of aromatic amines is 1. The first-order valence-electron chi connectivity index (χ1n) is 12.3. The average molecular weight is 580 g/mol. The number of H-pyrrole nitrogens is 1. The number of para-hydroxylation sites is 1. The number of nitrogens with two attached hydrogens (primary N) is 1. The van der Waals surface area contributed by atoms with E-state index in [4.69, 9.17) is 10.8 Å². The number of amides is 3. The van der Waals surface area contributed by atoms with Crippen LogP contribution in [0.1, 0.15) is 31.2 Å². The smallest absolute Gasteiger partial charge is 0.326 e. The van der Waals surface area contributed by atoms with E-state index in [1.54, 1.807) is 30.5 Å². The third-order valence-corrected chi connectivity index (χ3v) is 6.62. The topological polar surface area (TPSA) is 241 Å². The second kappa shape index (κ2) is 15.5. The molecule has 0 radical (unpaired) electrons. The van der Waals surface area contributed by atoms with Gasteiger partial charge in [0.15, 0.2) is 0 Å². The number of benzene rings is 1. The number of carbonyl (C=O) groups excluding carboxylic acids is 3. The molecule has 0 fully saturated rings. The normalized spacial score (nSPS) is 13.9. The van der Waals surface area contributed by atoms with Crippen LogP contribution < -0.4 is 21.7 Å². The molecule has 2 rings (SSSR count). The van der Waals surface area contributed by atoms with Crippen molar-refractivity contribution in [2.45, 2.75) is 56.3 Å². The Kier molecular flexibility index (Phi) is 12.4. The van der Waals surface area contributed by atoms with E-state index in [1.165, 1.54) is 11.8 Å². The molecule has 15 heteroatoms. The van der Waals surface area contributed by atoms with E-state index >= 15 is 0 Å². The molecule has 4 atom stereocenters. The van der Waals surface area contributed by atoms with Crippen molar-refractivity contribution < 1.29 is 44.1 Å². The lowest BCUT2D eigenvalue weighted by molar-refractivity contribution is -0.144. The molecule has 0 aliphatic rings. The number of carboxylic acids is 3. The van der Waals surface area contributed by atoms with Crippen molar-refractivity contribution in [1.82, 2.24) is 20.9 Å². The molecule has 0 spiro atoms. The summed E-state index contributed by atoms with van der Waals surface area (Å²) in [5.41, 5.74) is 7.17. The largest absolute Gasteiger partial charge is 0.481 e. The standard InChI is InChI=1S/C25H33N5O9S/c1-40-9-8-15(26)22(35)29-19(11-21(33)34)24(37)30-18(10-13-12-27-16-5-3-2-4-14(13)16)23(36)28-17(25(38)39)6-7-20(31)32/h2-5,12,15,17-19,27H,6-11,26H2,1H3,(H,28,36)(H,29,35)(H,30,37)(H,31,32)(H,33,34)(H,38,39). The van der Waals surface area contributed by atoms with E-state index in [0.717, 1.165) is 10.9 Å². The van der Waals surface area contributed by atoms with Crippen molar-refractivity contribution in [3.05, 3.63) is 36.0 Å². The van der Waals surface area contributed by atoms with Crippen molar-refractivity contribution >= 4 is 58.3 Å². The number of hydrogen-bond donors (Lipinski definition) is 8. The number of nitrogens with one attached hydrogen (secondary N) is 4. The van der Waals surface area contributed by atoms with Gasteiger partial charge in [0.05, 0.1) is 12.5 Å². The van der Waals surface area contributed by atoms with Gasteiger partial charge < -0.3 is 42.0 Å². The maximum atomic E-state index is 13.2. The highest BCUT2D eigenvalue weighted by molar-refractivity contribution is 7.98. The molecule has 0 bridgehead atoms. The summed E-state index contributed by atoms with van der Waals surface area (Å²) in [7, 11) is 0. The molecule has 40 heavy (non-hydrogen) atoms. The van der Waals surface area contributed by atoms with Gasteiger partial charge in [-0.25, -0.2) is 4.79 Å². The first kappa shape index (κ1) is 32.1. The van der Waals surface area contributed by atoms with Crippen LogP contribution >= 0.6 is 11.8 Å². The first-order valence-corrected chi connectivity index (χ1v) is 13.7. The molecular formula is C25H33N5O9S. The van der Waals surface area contributed by atoms with Crippen molar-refractivity contribution in [3.63, 3.8) is 0 Å². The SMILES string of the molecule is CSCCC(N)C(=O)NC(CC(=O)O)C(=O)NC(Cc1c[nH]c2ccccc12)C(=O)NC(CCC(=O)O)C(=O)O. The molecule has 1 aromatic heterocycles. The predicted octanol–water partition coefficient (Wildman–Crippen LogP) is -0.331. The van der Waals surface area contributed by atoms with E-state index in [9.17, 15) is 39.0 Å². The molecule has 4 unspecified atom stereocenters. The molecule has 0 aliphatic carbocycles. The highest BCUT2D eigenvalue weighted by Crippen LogP contribution is 2.19. The quantitative estimate of drug-likeness (QED) is 0.121. The van der Waals surface area contributed by atoms with Crippen molar-refractivity contribution in [1.29, 1.82) is 0 Å².